The number of fused-ring (bicyclic) bond motifs is 2. The number of allylic oxidation sites excluding steroid dienone is 8. The van der Waals surface area contributed by atoms with E-state index in [4.69, 9.17) is 0 Å². The molecular weight excluding hydrogens is 372 g/mol. The average Bonchev–Trinajstić information content (AvgIpc) is 3.38. The predicted octanol–water partition coefficient (Wildman–Crippen LogP) is 7.05. The number of benzene rings is 1. The van der Waals surface area contributed by atoms with Crippen molar-refractivity contribution in [2.75, 3.05) is 0 Å². The molecule has 0 amide bonds. The fourth-order valence-corrected chi connectivity index (χ4v) is 6.68. The molecule has 0 nitrogen and oxygen atoms in total. The molecule has 0 saturated heterocycles. The lowest BCUT2D eigenvalue weighted by Gasteiger charge is -2.50. The van der Waals surface area contributed by atoms with Crippen molar-refractivity contribution >= 4 is 11.6 Å². The van der Waals surface area contributed by atoms with E-state index in [0.29, 0.717) is 17.8 Å². The first-order valence-electron chi connectivity index (χ1n) is 12.5. The summed E-state index contributed by atoms with van der Waals surface area (Å²) in [7, 11) is 0. The van der Waals surface area contributed by atoms with Crippen LogP contribution in [0.1, 0.15) is 73.8 Å². The Balaban J connectivity index is 2.23. The lowest BCUT2D eigenvalue weighted by Crippen LogP contribution is -2.39. The van der Waals surface area contributed by atoms with Crippen molar-refractivity contribution in [2.24, 2.45) is 23.2 Å². The Morgan fingerprint density at radius 1 is 0.968 bits per heavy atom. The van der Waals surface area contributed by atoms with Crippen LogP contribution in [0.15, 0.2) is 64.3 Å². The summed E-state index contributed by atoms with van der Waals surface area (Å²) in [6.45, 7) is 19.3. The van der Waals surface area contributed by atoms with Crippen molar-refractivity contribution in [1.29, 1.82) is 0 Å². The lowest BCUT2D eigenvalue weighted by molar-refractivity contribution is 0.265. The lowest BCUT2D eigenvalue weighted by atomic mass is 9.54. The van der Waals surface area contributed by atoms with E-state index in [9.17, 15) is 0 Å². The Kier molecular flexibility index (Phi) is 5.80. The molecule has 0 bridgehead atoms. The minimum absolute atomic E-state index is 0.0938. The van der Waals surface area contributed by atoms with E-state index in [-0.39, 0.29) is 5.41 Å². The molecule has 1 aromatic rings. The maximum atomic E-state index is 2.53. The van der Waals surface area contributed by atoms with E-state index in [2.05, 4.69) is 97.9 Å². The smallest absolute Gasteiger partial charge is 0.0199 e. The summed E-state index contributed by atoms with van der Waals surface area (Å²) in [5, 5.41) is 2.87. The molecule has 1 unspecified atom stereocenters. The first-order valence-corrected chi connectivity index (χ1v) is 12.5. The fourth-order valence-electron chi connectivity index (χ4n) is 6.68. The normalized spacial score (nSPS) is 22.7. The van der Waals surface area contributed by atoms with Gasteiger partial charge in [0.25, 0.3) is 0 Å². The van der Waals surface area contributed by atoms with E-state index < -0.39 is 0 Å². The monoisotopic (exact) mass is 412 g/mol. The van der Waals surface area contributed by atoms with E-state index in [1.54, 1.807) is 16.7 Å². The third-order valence-electron chi connectivity index (χ3n) is 7.91. The molecule has 1 aromatic carbocycles. The highest BCUT2D eigenvalue weighted by atomic mass is 14.5. The summed E-state index contributed by atoms with van der Waals surface area (Å²) < 4.78 is 0. The van der Waals surface area contributed by atoms with Gasteiger partial charge in [-0.15, -0.1) is 0 Å². The van der Waals surface area contributed by atoms with Gasteiger partial charge in [0.2, 0.25) is 0 Å². The van der Waals surface area contributed by atoms with Crippen molar-refractivity contribution in [1.82, 2.24) is 0 Å². The summed E-state index contributed by atoms with van der Waals surface area (Å²) >= 11 is 0. The highest BCUT2D eigenvalue weighted by Gasteiger charge is 2.48. The molecule has 164 valence electrons. The largest absolute Gasteiger partial charge is 0.0801 e. The van der Waals surface area contributed by atoms with Gasteiger partial charge in [-0.25, -0.2) is 0 Å². The van der Waals surface area contributed by atoms with Crippen LogP contribution in [0.2, 0.25) is 0 Å². The van der Waals surface area contributed by atoms with Gasteiger partial charge >= 0.3 is 0 Å². The van der Waals surface area contributed by atoms with Gasteiger partial charge in [0, 0.05) is 5.41 Å². The van der Waals surface area contributed by atoms with Crippen molar-refractivity contribution in [3.8, 4) is 0 Å². The van der Waals surface area contributed by atoms with Crippen LogP contribution in [-0.2, 0) is 6.42 Å². The predicted molar refractivity (Wildman–Crippen MR) is 136 cm³/mol. The molecule has 0 aliphatic heterocycles. The summed E-state index contributed by atoms with van der Waals surface area (Å²) in [5.74, 6) is 1.59. The molecule has 4 rings (SSSR count). The molecule has 0 fully saturated rings. The summed E-state index contributed by atoms with van der Waals surface area (Å²) in [6.07, 6.45) is 12.8. The van der Waals surface area contributed by atoms with Crippen molar-refractivity contribution in [2.45, 2.75) is 74.7 Å². The first-order chi connectivity index (χ1) is 14.8. The summed E-state index contributed by atoms with van der Waals surface area (Å²) in [5.41, 5.74) is 11.0. The average molecular weight is 413 g/mol. The van der Waals surface area contributed by atoms with Crippen molar-refractivity contribution in [3.63, 3.8) is 0 Å². The number of hydrogen-bond acceptors (Lipinski definition) is 0. The van der Waals surface area contributed by atoms with Crippen molar-refractivity contribution < 1.29 is 0 Å². The van der Waals surface area contributed by atoms with Crippen molar-refractivity contribution in [3.05, 3.63) is 80.3 Å². The zero-order valence-electron chi connectivity index (χ0n) is 20.9. The molecular formula is C31H40. The molecule has 3 aliphatic carbocycles. The molecule has 0 heteroatoms. The van der Waals surface area contributed by atoms with Crippen LogP contribution in [0, 0.1) is 23.2 Å². The third-order valence-corrected chi connectivity index (χ3v) is 7.91. The fraction of sp³-hybridized carbons (Fsp3) is 0.484. The van der Waals surface area contributed by atoms with Gasteiger partial charge in [-0.2, -0.15) is 0 Å². The summed E-state index contributed by atoms with van der Waals surface area (Å²) in [6, 6.07) is 7.18. The molecule has 0 radical (unpaired) electrons. The topological polar surface area (TPSA) is 0 Å². The second kappa shape index (κ2) is 8.12. The SMILES string of the molecule is CCc1ccc2c(c1)=CC1=C(C3=CC=CC3)C(CC)(C(C)C)C(C(C)C)=C(C(C)C)C=21. The Bertz CT molecular complexity index is 1140. The highest BCUT2D eigenvalue weighted by molar-refractivity contribution is 5.96. The van der Waals surface area contributed by atoms with Crippen LogP contribution in [0.5, 0.6) is 0 Å². The van der Waals surface area contributed by atoms with Crippen LogP contribution < -0.4 is 10.4 Å². The quantitative estimate of drug-likeness (QED) is 0.469. The second-order valence-electron chi connectivity index (χ2n) is 10.5. The zero-order chi connectivity index (χ0) is 22.5. The Hall–Kier alpha value is -2.08. The van der Waals surface area contributed by atoms with Crippen LogP contribution in [-0.4, -0.2) is 0 Å². The van der Waals surface area contributed by atoms with E-state index in [1.165, 1.54) is 32.7 Å². The highest BCUT2D eigenvalue weighted by Crippen LogP contribution is 2.60. The summed E-state index contributed by atoms with van der Waals surface area (Å²) in [4.78, 5) is 0. The third kappa shape index (κ3) is 3.17. The first kappa shape index (κ1) is 22.1. The Labute approximate surface area is 189 Å². The Morgan fingerprint density at radius 3 is 2.23 bits per heavy atom. The van der Waals surface area contributed by atoms with Gasteiger partial charge < -0.3 is 0 Å². The molecule has 0 saturated carbocycles. The van der Waals surface area contributed by atoms with Gasteiger partial charge in [0.15, 0.2) is 0 Å². The molecule has 3 aliphatic rings. The minimum atomic E-state index is 0.0938. The van der Waals surface area contributed by atoms with Crippen LogP contribution in [0.4, 0.5) is 0 Å². The maximum absolute atomic E-state index is 2.53. The maximum Gasteiger partial charge on any atom is 0.0199 e. The number of rotatable bonds is 6. The van der Waals surface area contributed by atoms with E-state index in [1.807, 2.05) is 0 Å². The number of hydrogen-bond donors (Lipinski definition) is 0. The van der Waals surface area contributed by atoms with Gasteiger partial charge in [-0.05, 0) is 87.0 Å². The van der Waals surface area contributed by atoms with E-state index >= 15 is 0 Å². The van der Waals surface area contributed by atoms with Gasteiger partial charge in [0.1, 0.15) is 0 Å². The number of aryl methyl sites for hydroxylation is 1. The molecule has 31 heavy (non-hydrogen) atoms. The van der Waals surface area contributed by atoms with Gasteiger partial charge in [0.05, 0.1) is 0 Å². The molecule has 0 aromatic heterocycles. The second-order valence-corrected chi connectivity index (χ2v) is 10.5. The standard InChI is InChI=1S/C31H40/c1-9-22-15-16-25-24(17-22)18-26-28(25)27(19(3)4)29(20(5)6)31(10-2,21(7)8)30(26)23-13-11-12-14-23/h11-13,15-21H,9-10,14H2,1-8H3. The zero-order valence-corrected chi connectivity index (χ0v) is 20.9. The molecule has 1 atom stereocenters. The van der Waals surface area contributed by atoms with Gasteiger partial charge in [-0.3, -0.25) is 0 Å². The molecule has 0 heterocycles. The van der Waals surface area contributed by atoms with E-state index in [0.717, 1.165) is 19.3 Å². The molecule has 0 N–H and O–H groups in total. The molecule has 0 spiro atoms. The van der Waals surface area contributed by atoms with Crippen LogP contribution in [0.3, 0.4) is 0 Å². The van der Waals surface area contributed by atoms with Gasteiger partial charge in [-0.1, -0.05) is 97.4 Å². The minimum Gasteiger partial charge on any atom is -0.0801 e. The van der Waals surface area contributed by atoms with Crippen LogP contribution in [0.25, 0.3) is 11.6 Å². The van der Waals surface area contributed by atoms with Crippen LogP contribution >= 0.6 is 0 Å². The Morgan fingerprint density at radius 2 is 1.71 bits per heavy atom.